The second-order valence-corrected chi connectivity index (χ2v) is 7.58. The summed E-state index contributed by atoms with van der Waals surface area (Å²) in [6.07, 6.45) is 21.0. The quantitative estimate of drug-likeness (QED) is 0.449. The van der Waals surface area contributed by atoms with Gasteiger partial charge >= 0.3 is 0 Å². The average molecular weight is 347 g/mol. The van der Waals surface area contributed by atoms with Gasteiger partial charge in [-0.15, -0.1) is 0 Å². The van der Waals surface area contributed by atoms with Crippen LogP contribution >= 0.6 is 11.8 Å². The Morgan fingerprint density at radius 2 is 1.58 bits per heavy atom. The molecule has 0 radical (unpaired) electrons. The highest BCUT2D eigenvalue weighted by molar-refractivity contribution is 8.13. The number of thioether (sulfide) groups is 1. The molecule has 1 aliphatic heterocycles. The summed E-state index contributed by atoms with van der Waals surface area (Å²) in [6.45, 7) is 2.26. The van der Waals surface area contributed by atoms with E-state index in [4.69, 9.17) is 0 Å². The number of unbranched alkanes of at least 4 members (excludes halogenated alkanes) is 9. The van der Waals surface area contributed by atoms with Gasteiger partial charge in [0.15, 0.2) is 5.17 Å². The molecule has 1 unspecified atom stereocenters. The molecule has 1 heterocycles. The maximum Gasteiger partial charge on any atom is 0.261 e. The van der Waals surface area contributed by atoms with Crippen molar-refractivity contribution in [3.8, 4) is 0 Å². The third-order valence-electron chi connectivity index (χ3n) is 4.43. The zero-order valence-corrected chi connectivity index (χ0v) is 15.7. The van der Waals surface area contributed by atoms with Crippen LogP contribution in [0.15, 0.2) is 34.3 Å². The van der Waals surface area contributed by atoms with Crippen LogP contribution in [-0.2, 0) is 4.79 Å². The summed E-state index contributed by atoms with van der Waals surface area (Å²) in [7, 11) is 0. The number of carbonyl (C=O) groups is 1. The lowest BCUT2D eigenvalue weighted by molar-refractivity contribution is -0.118. The van der Waals surface area contributed by atoms with Crippen molar-refractivity contribution >= 4 is 28.5 Å². The number of amides is 1. The van der Waals surface area contributed by atoms with Crippen molar-refractivity contribution in [2.45, 2.75) is 71.1 Å². The third-order valence-corrected chi connectivity index (χ3v) is 5.36. The zero-order valence-electron chi connectivity index (χ0n) is 14.9. The van der Waals surface area contributed by atoms with Crippen LogP contribution in [0.1, 0.15) is 71.1 Å². The largest absolute Gasteiger partial charge is 0.271 e. The normalized spacial score (nSPS) is 19.2. The van der Waals surface area contributed by atoms with Crippen molar-refractivity contribution in [3.05, 3.63) is 24.3 Å². The number of hydrogen-bond donors (Lipinski definition) is 0. The number of aliphatic imine (C=N–C) groups is 2. The molecule has 0 saturated carbocycles. The summed E-state index contributed by atoms with van der Waals surface area (Å²) < 4.78 is 0. The van der Waals surface area contributed by atoms with Crippen LogP contribution in [0, 0.1) is 5.92 Å². The van der Waals surface area contributed by atoms with E-state index in [0.717, 1.165) is 11.5 Å². The molecule has 2 aliphatic rings. The highest BCUT2D eigenvalue weighted by Gasteiger charge is 2.26. The molecule has 4 heteroatoms. The second-order valence-electron chi connectivity index (χ2n) is 6.52. The first-order valence-corrected chi connectivity index (χ1v) is 10.5. The van der Waals surface area contributed by atoms with Crippen molar-refractivity contribution in [3.63, 3.8) is 0 Å². The second kappa shape index (κ2) is 11.4. The summed E-state index contributed by atoms with van der Waals surface area (Å²) in [4.78, 5) is 20.6. The fourth-order valence-corrected chi connectivity index (χ4v) is 3.82. The predicted octanol–water partition coefficient (Wildman–Crippen LogP) is 5.72. The predicted molar refractivity (Wildman–Crippen MR) is 106 cm³/mol. The molecule has 24 heavy (non-hydrogen) atoms. The Morgan fingerprint density at radius 1 is 0.917 bits per heavy atom. The molecule has 0 N–H and O–H groups in total. The molecule has 2 rings (SSSR count). The molecular weight excluding hydrogens is 316 g/mol. The Labute approximate surface area is 150 Å². The number of rotatable bonds is 11. The van der Waals surface area contributed by atoms with E-state index in [9.17, 15) is 4.79 Å². The van der Waals surface area contributed by atoms with Gasteiger partial charge in [-0.1, -0.05) is 94.7 Å². The SMILES string of the molecule is CCCCCCCCCCCCSC1=NC(=O)C2C=CC=CC2=N1. The number of hydrogen-bond acceptors (Lipinski definition) is 3. The summed E-state index contributed by atoms with van der Waals surface area (Å²) >= 11 is 1.62. The molecule has 0 bridgehead atoms. The molecule has 0 saturated heterocycles. The number of nitrogens with zero attached hydrogens (tertiary/aromatic N) is 2. The fraction of sp³-hybridized carbons (Fsp3) is 0.650. The van der Waals surface area contributed by atoms with Crippen LogP contribution in [0.5, 0.6) is 0 Å². The van der Waals surface area contributed by atoms with Gasteiger partial charge < -0.3 is 0 Å². The summed E-state index contributed by atoms with van der Waals surface area (Å²) in [5.41, 5.74) is 0.836. The molecule has 0 spiro atoms. The molecule has 1 atom stereocenters. The Kier molecular flexibility index (Phi) is 9.11. The van der Waals surface area contributed by atoms with Crippen LogP contribution in [0.25, 0.3) is 0 Å². The van der Waals surface area contributed by atoms with E-state index in [2.05, 4.69) is 16.9 Å². The summed E-state index contributed by atoms with van der Waals surface area (Å²) in [6, 6.07) is 0. The topological polar surface area (TPSA) is 41.8 Å². The first-order chi connectivity index (χ1) is 11.8. The first kappa shape index (κ1) is 19.2. The van der Waals surface area contributed by atoms with Gasteiger partial charge in [-0.25, -0.2) is 4.99 Å². The van der Waals surface area contributed by atoms with Gasteiger partial charge in [0, 0.05) is 5.75 Å². The Bertz CT molecular complexity index is 520. The minimum Gasteiger partial charge on any atom is -0.271 e. The lowest BCUT2D eigenvalue weighted by atomic mass is 9.97. The van der Waals surface area contributed by atoms with Gasteiger partial charge in [0.1, 0.15) is 5.92 Å². The molecule has 132 valence electrons. The maximum absolute atomic E-state index is 12.0. The van der Waals surface area contributed by atoms with E-state index in [1.165, 1.54) is 64.2 Å². The summed E-state index contributed by atoms with van der Waals surface area (Å²) in [5, 5.41) is 0.641. The zero-order chi connectivity index (χ0) is 17.0. The number of carbonyl (C=O) groups excluding carboxylic acids is 1. The van der Waals surface area contributed by atoms with E-state index in [0.29, 0.717) is 5.17 Å². The highest BCUT2D eigenvalue weighted by Crippen LogP contribution is 2.21. The summed E-state index contributed by atoms with van der Waals surface area (Å²) in [5.74, 6) is 0.673. The third kappa shape index (κ3) is 6.76. The fourth-order valence-electron chi connectivity index (χ4n) is 2.96. The lowest BCUT2D eigenvalue weighted by Crippen LogP contribution is -2.26. The monoisotopic (exact) mass is 346 g/mol. The molecule has 1 amide bonds. The van der Waals surface area contributed by atoms with Crippen LogP contribution < -0.4 is 0 Å². The smallest absolute Gasteiger partial charge is 0.261 e. The molecule has 0 aromatic rings. The Hall–Kier alpha value is -1.16. The van der Waals surface area contributed by atoms with Crippen LogP contribution in [-0.4, -0.2) is 22.5 Å². The molecular formula is C20H30N2OS. The van der Waals surface area contributed by atoms with Crippen molar-refractivity contribution in [2.75, 3.05) is 5.75 Å². The maximum atomic E-state index is 12.0. The molecule has 0 aromatic heterocycles. The number of amidine groups is 1. The van der Waals surface area contributed by atoms with E-state index < -0.39 is 0 Å². The highest BCUT2D eigenvalue weighted by atomic mass is 32.2. The van der Waals surface area contributed by atoms with Crippen molar-refractivity contribution in [1.29, 1.82) is 0 Å². The average Bonchev–Trinajstić information content (AvgIpc) is 2.60. The Morgan fingerprint density at radius 3 is 2.29 bits per heavy atom. The van der Waals surface area contributed by atoms with E-state index in [-0.39, 0.29) is 11.8 Å². The van der Waals surface area contributed by atoms with E-state index in [1.807, 2.05) is 24.3 Å². The minimum atomic E-state index is -0.253. The van der Waals surface area contributed by atoms with Crippen molar-refractivity contribution < 1.29 is 4.79 Å². The van der Waals surface area contributed by atoms with Crippen LogP contribution in [0.3, 0.4) is 0 Å². The van der Waals surface area contributed by atoms with Gasteiger partial charge in [-0.3, -0.25) is 4.79 Å². The molecule has 3 nitrogen and oxygen atoms in total. The van der Waals surface area contributed by atoms with Crippen molar-refractivity contribution in [1.82, 2.24) is 0 Å². The van der Waals surface area contributed by atoms with E-state index in [1.54, 1.807) is 11.8 Å². The molecule has 0 aromatic carbocycles. The van der Waals surface area contributed by atoms with Gasteiger partial charge in [0.2, 0.25) is 0 Å². The number of allylic oxidation sites excluding steroid dienone is 3. The van der Waals surface area contributed by atoms with E-state index >= 15 is 0 Å². The molecule has 0 fully saturated rings. The van der Waals surface area contributed by atoms with Gasteiger partial charge in [0.25, 0.3) is 5.91 Å². The lowest BCUT2D eigenvalue weighted by Gasteiger charge is -2.17. The van der Waals surface area contributed by atoms with Crippen LogP contribution in [0.2, 0.25) is 0 Å². The standard InChI is InChI=1S/C20H30N2OS/c1-2-3-4-5-6-7-8-9-10-13-16-24-20-21-18-15-12-11-14-17(18)19(23)22-20/h11-12,14-15,17H,2-10,13,16H2,1H3. The molecule has 1 aliphatic carbocycles. The van der Waals surface area contributed by atoms with Gasteiger partial charge in [0.05, 0.1) is 5.71 Å². The number of fused-ring (bicyclic) bond motifs is 1. The van der Waals surface area contributed by atoms with Crippen molar-refractivity contribution in [2.24, 2.45) is 15.9 Å². The minimum absolute atomic E-state index is 0.0776. The van der Waals surface area contributed by atoms with Gasteiger partial charge in [-0.2, -0.15) is 4.99 Å². The van der Waals surface area contributed by atoms with Gasteiger partial charge in [-0.05, 0) is 12.5 Å². The Balaban J connectivity index is 1.51. The van der Waals surface area contributed by atoms with Crippen LogP contribution in [0.4, 0.5) is 0 Å². The first-order valence-electron chi connectivity index (χ1n) is 9.50.